The molecule has 0 aromatic heterocycles. The van der Waals surface area contributed by atoms with Crippen molar-refractivity contribution in [2.24, 2.45) is 9.98 Å². The molecule has 1 atom stereocenters. The Kier molecular flexibility index (Phi) is 2.18. The minimum Gasteiger partial charge on any atom is -0.478 e. The fraction of sp³-hybridized carbons (Fsp3) is 0.222. The third-order valence-electron chi connectivity index (χ3n) is 2.04. The van der Waals surface area contributed by atoms with Crippen molar-refractivity contribution in [3.05, 3.63) is 34.5 Å². The standard InChI is InChI=1S/C9H5F3N2O2/c10-9(11,12)8-13-5-2-1-4(7(15)16)3-6(5)14-8/h1-3,8H,(H,15,16)/t8-/m1/s1. The number of hydrogen-bond donors (Lipinski definition) is 1. The van der Waals surface area contributed by atoms with Crippen LogP contribution in [0.5, 0.6) is 0 Å². The van der Waals surface area contributed by atoms with Crippen LogP contribution in [0.25, 0.3) is 0 Å². The summed E-state index contributed by atoms with van der Waals surface area (Å²) in [6, 6.07) is 3.49. The number of nitrogens with zero attached hydrogens (tertiary/aromatic N) is 2. The first-order valence-corrected chi connectivity index (χ1v) is 4.23. The van der Waals surface area contributed by atoms with Gasteiger partial charge in [0.05, 0.1) is 16.3 Å². The molecule has 1 N–H and O–H groups in total. The maximum atomic E-state index is 12.3. The first-order valence-electron chi connectivity index (χ1n) is 4.23. The average Bonchev–Trinajstić information content (AvgIpc) is 2.58. The molecule has 1 aromatic rings. The molecular weight excluding hydrogens is 225 g/mol. The minimum atomic E-state index is -4.54. The van der Waals surface area contributed by atoms with E-state index in [2.05, 4.69) is 9.98 Å². The van der Waals surface area contributed by atoms with Gasteiger partial charge in [0.1, 0.15) is 0 Å². The lowest BCUT2D eigenvalue weighted by atomic mass is 10.2. The van der Waals surface area contributed by atoms with Crippen LogP contribution in [0.3, 0.4) is 0 Å². The van der Waals surface area contributed by atoms with Gasteiger partial charge in [-0.15, -0.1) is 0 Å². The van der Waals surface area contributed by atoms with Crippen LogP contribution in [0.4, 0.5) is 13.2 Å². The average molecular weight is 230 g/mol. The van der Waals surface area contributed by atoms with Crippen molar-refractivity contribution in [2.75, 3.05) is 0 Å². The number of hydrogen-bond acceptors (Lipinski definition) is 3. The van der Waals surface area contributed by atoms with Gasteiger partial charge in [-0.3, -0.25) is 0 Å². The van der Waals surface area contributed by atoms with E-state index in [0.29, 0.717) is 0 Å². The third-order valence-corrected chi connectivity index (χ3v) is 2.04. The predicted molar refractivity (Wildman–Crippen MR) is 45.6 cm³/mol. The quantitative estimate of drug-likeness (QED) is 0.764. The number of carboxylic acid groups (broad SMARTS) is 1. The van der Waals surface area contributed by atoms with Crippen LogP contribution in [-0.4, -0.2) is 23.4 Å². The van der Waals surface area contributed by atoms with Crippen LogP contribution in [0.15, 0.2) is 28.2 Å². The lowest BCUT2D eigenvalue weighted by Gasteiger charge is -2.07. The van der Waals surface area contributed by atoms with Gasteiger partial charge in [-0.1, -0.05) is 0 Å². The normalized spacial score (nSPS) is 18.6. The molecule has 1 aliphatic rings. The zero-order chi connectivity index (χ0) is 11.9. The SMILES string of the molecule is O=C(O)c1ccc2c(c1)=N[C@H](C(F)(F)F)N=2. The van der Waals surface area contributed by atoms with Gasteiger partial charge in [-0.2, -0.15) is 13.2 Å². The van der Waals surface area contributed by atoms with Gasteiger partial charge in [0.25, 0.3) is 0 Å². The molecule has 0 radical (unpaired) electrons. The second kappa shape index (κ2) is 3.29. The van der Waals surface area contributed by atoms with E-state index in [9.17, 15) is 18.0 Å². The molecular formula is C9H5F3N2O2. The molecule has 0 spiro atoms. The molecule has 0 saturated heterocycles. The fourth-order valence-corrected chi connectivity index (χ4v) is 1.31. The highest BCUT2D eigenvalue weighted by Gasteiger charge is 2.40. The highest BCUT2D eigenvalue weighted by molar-refractivity contribution is 5.87. The Morgan fingerprint density at radius 2 is 1.88 bits per heavy atom. The van der Waals surface area contributed by atoms with Crippen LogP contribution >= 0.6 is 0 Å². The molecule has 2 rings (SSSR count). The van der Waals surface area contributed by atoms with Gasteiger partial charge in [0, 0.05) is 0 Å². The number of carbonyl (C=O) groups is 1. The van der Waals surface area contributed by atoms with Crippen molar-refractivity contribution in [3.63, 3.8) is 0 Å². The molecule has 0 fully saturated rings. The Labute approximate surface area is 86.8 Å². The summed E-state index contributed by atoms with van der Waals surface area (Å²) in [5, 5.41) is 8.67. The molecule has 1 aromatic carbocycles. The zero-order valence-corrected chi connectivity index (χ0v) is 7.69. The molecule has 1 heterocycles. The Bertz CT molecular complexity index is 565. The van der Waals surface area contributed by atoms with E-state index < -0.39 is 18.3 Å². The monoisotopic (exact) mass is 230 g/mol. The van der Waals surface area contributed by atoms with Crippen LogP contribution in [0.1, 0.15) is 10.4 Å². The van der Waals surface area contributed by atoms with E-state index in [1.165, 1.54) is 12.1 Å². The summed E-state index contributed by atoms with van der Waals surface area (Å²) in [7, 11) is 0. The van der Waals surface area contributed by atoms with Crippen molar-refractivity contribution in [1.29, 1.82) is 0 Å². The Morgan fingerprint density at radius 3 is 2.44 bits per heavy atom. The molecule has 0 amide bonds. The van der Waals surface area contributed by atoms with E-state index in [1.54, 1.807) is 0 Å². The van der Waals surface area contributed by atoms with E-state index >= 15 is 0 Å². The van der Waals surface area contributed by atoms with Crippen molar-refractivity contribution in [1.82, 2.24) is 0 Å². The van der Waals surface area contributed by atoms with Crippen molar-refractivity contribution < 1.29 is 23.1 Å². The maximum absolute atomic E-state index is 12.3. The summed E-state index contributed by atoms with van der Waals surface area (Å²) in [4.78, 5) is 17.2. The summed E-state index contributed by atoms with van der Waals surface area (Å²) in [5.74, 6) is -1.21. The second-order valence-electron chi connectivity index (χ2n) is 3.18. The van der Waals surface area contributed by atoms with E-state index in [1.807, 2.05) is 0 Å². The smallest absolute Gasteiger partial charge is 0.431 e. The molecule has 84 valence electrons. The van der Waals surface area contributed by atoms with Gasteiger partial charge in [0.2, 0.25) is 6.17 Å². The lowest BCUT2D eigenvalue weighted by molar-refractivity contribution is -0.145. The largest absolute Gasteiger partial charge is 0.478 e. The van der Waals surface area contributed by atoms with E-state index in [0.717, 1.165) is 6.07 Å². The van der Waals surface area contributed by atoms with Gasteiger partial charge >= 0.3 is 12.1 Å². The minimum absolute atomic E-state index is 0.0396. The van der Waals surface area contributed by atoms with Gasteiger partial charge in [-0.05, 0) is 18.2 Å². The lowest BCUT2D eigenvalue weighted by Crippen LogP contribution is -2.24. The predicted octanol–water partition coefficient (Wildman–Crippen LogP) is 0.526. The van der Waals surface area contributed by atoms with E-state index in [-0.39, 0.29) is 16.3 Å². The highest BCUT2D eigenvalue weighted by Crippen LogP contribution is 2.23. The number of fused-ring (bicyclic) bond motifs is 1. The summed E-state index contributed by atoms with van der Waals surface area (Å²) in [6.45, 7) is 0. The summed E-state index contributed by atoms with van der Waals surface area (Å²) < 4.78 is 36.8. The highest BCUT2D eigenvalue weighted by atomic mass is 19.4. The molecule has 0 unspecified atom stereocenters. The van der Waals surface area contributed by atoms with Crippen molar-refractivity contribution in [2.45, 2.75) is 12.3 Å². The Morgan fingerprint density at radius 1 is 1.25 bits per heavy atom. The topological polar surface area (TPSA) is 62.0 Å². The molecule has 0 aliphatic carbocycles. The number of alkyl halides is 3. The number of rotatable bonds is 1. The molecule has 0 saturated carbocycles. The maximum Gasteiger partial charge on any atom is 0.431 e. The third kappa shape index (κ3) is 1.75. The van der Waals surface area contributed by atoms with Crippen LogP contribution in [0, 0.1) is 0 Å². The second-order valence-corrected chi connectivity index (χ2v) is 3.18. The number of carboxylic acids is 1. The van der Waals surface area contributed by atoms with Crippen LogP contribution in [-0.2, 0) is 0 Å². The van der Waals surface area contributed by atoms with Crippen molar-refractivity contribution >= 4 is 5.97 Å². The van der Waals surface area contributed by atoms with Gasteiger partial charge in [0.15, 0.2) is 0 Å². The first-order chi connectivity index (χ1) is 7.38. The number of halogens is 3. The van der Waals surface area contributed by atoms with E-state index in [4.69, 9.17) is 5.11 Å². The number of benzene rings is 1. The Balaban J connectivity index is 2.52. The summed E-state index contributed by atoms with van der Waals surface area (Å²) in [6.07, 6.45) is -6.66. The molecule has 16 heavy (non-hydrogen) atoms. The molecule has 4 nitrogen and oxygen atoms in total. The fourth-order valence-electron chi connectivity index (χ4n) is 1.31. The Hall–Kier alpha value is -1.92. The molecule has 7 heteroatoms. The van der Waals surface area contributed by atoms with Gasteiger partial charge in [-0.25, -0.2) is 14.8 Å². The number of aromatic carboxylic acids is 1. The molecule has 0 bridgehead atoms. The van der Waals surface area contributed by atoms with Crippen molar-refractivity contribution in [3.8, 4) is 0 Å². The van der Waals surface area contributed by atoms with Crippen LogP contribution in [0.2, 0.25) is 0 Å². The zero-order valence-electron chi connectivity index (χ0n) is 7.69. The van der Waals surface area contributed by atoms with Gasteiger partial charge < -0.3 is 5.11 Å². The molecule has 1 aliphatic heterocycles. The summed E-state index contributed by atoms with van der Waals surface area (Å²) >= 11 is 0. The summed E-state index contributed by atoms with van der Waals surface area (Å²) in [5.41, 5.74) is -0.111. The van der Waals surface area contributed by atoms with Crippen LogP contribution < -0.4 is 10.7 Å². The first kappa shape index (κ1) is 10.6.